The number of oxime groups is 1. The number of hydrogen-bond acceptors (Lipinski definition) is 11. The minimum absolute atomic E-state index is 0.0168. The Morgan fingerprint density at radius 1 is 1.09 bits per heavy atom. The average Bonchev–Trinajstić information content (AvgIpc) is 3.18. The Kier molecular flexibility index (Phi) is 14.9. The molecule has 1 heterocycles. The average molecular weight is 762 g/mol. The molecule has 5 rings (SSSR count). The lowest BCUT2D eigenvalue weighted by atomic mass is 9.55. The van der Waals surface area contributed by atoms with Gasteiger partial charge in [0.2, 0.25) is 5.79 Å². The molecule has 1 fully saturated rings. The number of allylic oxidation sites excluding steroid dienone is 1. The molecule has 1 saturated carbocycles. The van der Waals surface area contributed by atoms with Crippen LogP contribution in [-0.2, 0) is 14.3 Å². The fraction of sp³-hybridized carbons (Fsp3) is 0.524. The summed E-state index contributed by atoms with van der Waals surface area (Å²) in [4.78, 5) is 32.3. The number of carbonyl (C=O) groups excluding carboxylic acids is 1. The Hall–Kier alpha value is -4.72. The van der Waals surface area contributed by atoms with Gasteiger partial charge < -0.3 is 34.0 Å². The van der Waals surface area contributed by atoms with Gasteiger partial charge in [0, 0.05) is 43.7 Å². The maximum absolute atomic E-state index is 14.0. The fourth-order valence-corrected chi connectivity index (χ4v) is 8.55. The summed E-state index contributed by atoms with van der Waals surface area (Å²) in [5, 5.41) is 35.7. The highest BCUT2D eigenvalue weighted by molar-refractivity contribution is 6.02. The molecule has 1 amide bonds. The molecule has 2 aliphatic carbocycles. The van der Waals surface area contributed by atoms with Gasteiger partial charge in [0.15, 0.2) is 0 Å². The predicted octanol–water partition coefficient (Wildman–Crippen LogP) is 8.08. The van der Waals surface area contributed by atoms with Crippen LogP contribution in [0.4, 0.5) is 10.5 Å². The first kappa shape index (κ1) is 41.4. The second kappa shape index (κ2) is 19.7. The topological polar surface area (TPSA) is 162 Å². The molecular formula is C42H55N3O10. The first-order chi connectivity index (χ1) is 26.8. The second-order valence-corrected chi connectivity index (χ2v) is 14.2. The van der Waals surface area contributed by atoms with Gasteiger partial charge in [-0.1, -0.05) is 49.2 Å². The van der Waals surface area contributed by atoms with E-state index in [9.17, 15) is 25.1 Å². The predicted molar refractivity (Wildman–Crippen MR) is 208 cm³/mol. The summed E-state index contributed by atoms with van der Waals surface area (Å²) in [5.41, 5.74) is 2.37. The number of benzene rings is 2. The molecule has 0 unspecified atom stereocenters. The quantitative estimate of drug-likeness (QED) is 0.0551. The normalized spacial score (nSPS) is 24.4. The molecule has 0 spiro atoms. The Balaban J connectivity index is 1.75. The van der Waals surface area contributed by atoms with Crippen LogP contribution in [0, 0.1) is 27.9 Å². The zero-order valence-electron chi connectivity index (χ0n) is 32.0. The molecule has 298 valence electrons. The van der Waals surface area contributed by atoms with Gasteiger partial charge in [-0.05, 0) is 80.2 Å². The van der Waals surface area contributed by atoms with Crippen molar-refractivity contribution < 1.29 is 43.7 Å². The molecule has 13 heteroatoms. The van der Waals surface area contributed by atoms with Gasteiger partial charge >= 0.3 is 6.09 Å². The van der Waals surface area contributed by atoms with Crippen molar-refractivity contribution in [2.45, 2.75) is 82.5 Å². The van der Waals surface area contributed by atoms with Crippen LogP contribution in [-0.4, -0.2) is 83.8 Å². The van der Waals surface area contributed by atoms with Gasteiger partial charge in [-0.15, -0.1) is 13.2 Å². The van der Waals surface area contributed by atoms with Crippen LogP contribution >= 0.6 is 0 Å². The van der Waals surface area contributed by atoms with E-state index in [1.165, 1.54) is 19.2 Å². The third kappa shape index (κ3) is 9.22. The Morgan fingerprint density at radius 3 is 2.55 bits per heavy atom. The van der Waals surface area contributed by atoms with Gasteiger partial charge in [-0.3, -0.25) is 15.0 Å². The number of hydrogen-bond donors (Lipinski definition) is 2. The van der Waals surface area contributed by atoms with E-state index in [4.69, 9.17) is 23.8 Å². The standard InChI is InChI=1S/C42H55N3O10/c1-5-8-24-52-41(48)44(20-6-2)38-28-36(43-51-4)34-25-29(14-9-11-21-46)33(17-10-12-22-47)39-35-27-32(54-31-16-13-15-30(26-31)45(49)50)18-19-37(35)55-42(38,40(34)39)53-23-7-3/h5,7,13,15-16,18-19,25-27,29,33,38-40,46-47H,1,3,6,8-12,14,17,20-24,28H2,2,4H3/t29-,33+,38-,39+,40+,42+/m0/s1. The number of nitro groups is 1. The van der Waals surface area contributed by atoms with Gasteiger partial charge in [-0.2, -0.15) is 0 Å². The van der Waals surface area contributed by atoms with Crippen molar-refractivity contribution in [1.29, 1.82) is 0 Å². The summed E-state index contributed by atoms with van der Waals surface area (Å²) in [7, 11) is 1.51. The third-order valence-corrected chi connectivity index (χ3v) is 10.7. The van der Waals surface area contributed by atoms with Crippen LogP contribution in [0.3, 0.4) is 0 Å². The molecule has 2 aromatic carbocycles. The summed E-state index contributed by atoms with van der Waals surface area (Å²) in [6.45, 7) is 10.5. The molecule has 2 aromatic rings. The Labute approximate surface area is 323 Å². The molecule has 3 aliphatic rings. The number of ether oxygens (including phenoxy) is 4. The first-order valence-corrected chi connectivity index (χ1v) is 19.3. The molecule has 6 atom stereocenters. The van der Waals surface area contributed by atoms with Crippen LogP contribution in [0.25, 0.3) is 0 Å². The lowest BCUT2D eigenvalue weighted by Crippen LogP contribution is -2.70. The summed E-state index contributed by atoms with van der Waals surface area (Å²) >= 11 is 0. The number of nitro benzene ring substituents is 1. The van der Waals surface area contributed by atoms with E-state index in [-0.39, 0.29) is 56.3 Å². The highest BCUT2D eigenvalue weighted by Crippen LogP contribution is 2.62. The summed E-state index contributed by atoms with van der Waals surface area (Å²) in [6, 6.07) is 10.9. The molecule has 0 aromatic heterocycles. The van der Waals surface area contributed by atoms with Crippen LogP contribution in [0.1, 0.15) is 76.2 Å². The minimum atomic E-state index is -1.41. The molecule has 55 heavy (non-hydrogen) atoms. The van der Waals surface area contributed by atoms with Crippen LogP contribution in [0.2, 0.25) is 0 Å². The summed E-state index contributed by atoms with van der Waals surface area (Å²) in [5.74, 6) is -0.737. The van der Waals surface area contributed by atoms with Crippen molar-refractivity contribution >= 4 is 17.5 Å². The van der Waals surface area contributed by atoms with Crippen molar-refractivity contribution in [3.8, 4) is 17.2 Å². The van der Waals surface area contributed by atoms with E-state index in [0.717, 1.165) is 36.8 Å². The molecular weight excluding hydrogens is 706 g/mol. The molecule has 0 saturated heterocycles. The van der Waals surface area contributed by atoms with Crippen LogP contribution in [0.5, 0.6) is 17.2 Å². The maximum atomic E-state index is 14.0. The van der Waals surface area contributed by atoms with Crippen LogP contribution < -0.4 is 9.47 Å². The van der Waals surface area contributed by atoms with Crippen LogP contribution in [0.15, 0.2) is 84.6 Å². The number of aliphatic hydroxyl groups is 2. The highest BCUT2D eigenvalue weighted by Gasteiger charge is 2.65. The molecule has 13 nitrogen and oxygen atoms in total. The zero-order valence-corrected chi connectivity index (χ0v) is 32.0. The number of nitrogens with zero attached hydrogens (tertiary/aromatic N) is 3. The Bertz CT molecular complexity index is 1710. The number of amides is 1. The van der Waals surface area contributed by atoms with Gasteiger partial charge in [0.1, 0.15) is 30.4 Å². The molecule has 1 aliphatic heterocycles. The molecule has 0 bridgehead atoms. The number of fused-ring (bicyclic) bond motifs is 2. The third-order valence-electron chi connectivity index (χ3n) is 10.7. The van der Waals surface area contributed by atoms with E-state index < -0.39 is 28.8 Å². The number of rotatable bonds is 21. The summed E-state index contributed by atoms with van der Waals surface area (Å²) in [6.07, 6.45) is 11.0. The van der Waals surface area contributed by atoms with Gasteiger partial charge in [0.05, 0.1) is 35.8 Å². The number of carbonyl (C=O) groups is 1. The van der Waals surface area contributed by atoms with E-state index in [0.29, 0.717) is 55.2 Å². The minimum Gasteiger partial charge on any atom is -0.459 e. The van der Waals surface area contributed by atoms with E-state index in [1.807, 2.05) is 19.1 Å². The Morgan fingerprint density at radius 2 is 1.85 bits per heavy atom. The van der Waals surface area contributed by atoms with E-state index in [2.05, 4.69) is 24.4 Å². The zero-order chi connectivity index (χ0) is 39.4. The van der Waals surface area contributed by atoms with Crippen molar-refractivity contribution in [3.05, 3.63) is 95.1 Å². The fourth-order valence-electron chi connectivity index (χ4n) is 8.55. The van der Waals surface area contributed by atoms with Gasteiger partial charge in [-0.25, -0.2) is 4.79 Å². The highest BCUT2D eigenvalue weighted by atomic mass is 16.7. The smallest absolute Gasteiger partial charge is 0.410 e. The van der Waals surface area contributed by atoms with Crippen molar-refractivity contribution in [3.63, 3.8) is 0 Å². The molecule has 0 radical (unpaired) electrons. The van der Waals surface area contributed by atoms with Gasteiger partial charge in [0.25, 0.3) is 5.69 Å². The number of non-ortho nitro benzene ring substituents is 1. The largest absolute Gasteiger partial charge is 0.459 e. The lowest BCUT2D eigenvalue weighted by Gasteiger charge is -2.59. The van der Waals surface area contributed by atoms with Crippen molar-refractivity contribution in [1.82, 2.24) is 4.90 Å². The first-order valence-electron chi connectivity index (χ1n) is 19.3. The van der Waals surface area contributed by atoms with E-state index >= 15 is 0 Å². The second-order valence-electron chi connectivity index (χ2n) is 14.2. The maximum Gasteiger partial charge on any atom is 0.410 e. The van der Waals surface area contributed by atoms with Crippen molar-refractivity contribution in [2.24, 2.45) is 22.9 Å². The van der Waals surface area contributed by atoms with E-state index in [1.54, 1.807) is 35.3 Å². The SMILES string of the molecule is C=CCCOC(=O)N(CCC)[C@H]1CC(=NOC)C2=C[C@H](CCCCO)[C@@H](CCCCO)[C@@H]3c4cc(Oc5cccc([N+](=O)[O-])c5)ccc4O[C@@]1(OCC=C)[C@H]23. The summed E-state index contributed by atoms with van der Waals surface area (Å²) < 4.78 is 26.2. The van der Waals surface area contributed by atoms with Crippen molar-refractivity contribution in [2.75, 3.05) is 40.1 Å². The number of aliphatic hydroxyl groups excluding tert-OH is 2. The lowest BCUT2D eigenvalue weighted by molar-refractivity contribution is -0.384. The monoisotopic (exact) mass is 761 g/mol. The molecule has 2 N–H and O–H groups in total. The number of unbranched alkanes of at least 4 members (excludes halogenated alkanes) is 2.